The van der Waals surface area contributed by atoms with E-state index in [1.807, 2.05) is 30.5 Å². The Kier molecular flexibility index (Phi) is 7.71. The quantitative estimate of drug-likeness (QED) is 0.316. The number of anilines is 1. The van der Waals surface area contributed by atoms with E-state index in [0.717, 1.165) is 14.8 Å². The minimum Gasteiger partial charge on any atom is -0.495 e. The zero-order valence-electron chi connectivity index (χ0n) is 17.7. The van der Waals surface area contributed by atoms with E-state index >= 15 is 0 Å². The first-order chi connectivity index (χ1) is 15.3. The number of thioether (sulfide) groups is 1. The molecule has 0 spiro atoms. The SMILES string of the molecule is COc1ccccc1N(C)S(=O)(=O)c1ccc(Cl)c(C(=O)OCc2ccc(SC)cc2)c1. The second-order valence-corrected chi connectivity index (χ2v) is 9.97. The van der Waals surface area contributed by atoms with Gasteiger partial charge in [0.15, 0.2) is 0 Å². The fraction of sp³-hybridized carbons (Fsp3) is 0.174. The number of hydrogen-bond donors (Lipinski definition) is 0. The molecule has 0 aromatic heterocycles. The minimum atomic E-state index is -3.99. The van der Waals surface area contributed by atoms with Crippen LogP contribution in [-0.4, -0.2) is 34.8 Å². The summed E-state index contributed by atoms with van der Waals surface area (Å²) in [5.41, 5.74) is 1.15. The molecule has 9 heteroatoms. The standard InChI is InChI=1S/C23H22ClNO5S2/c1-25(21-6-4-5-7-22(21)29-2)32(27,28)18-12-13-20(24)19(14-18)23(26)30-15-16-8-10-17(31-3)11-9-16/h4-14H,15H2,1-3H3. The molecular weight excluding hydrogens is 470 g/mol. The number of nitrogens with zero attached hydrogens (tertiary/aromatic N) is 1. The van der Waals surface area contributed by atoms with E-state index < -0.39 is 16.0 Å². The van der Waals surface area contributed by atoms with Crippen LogP contribution in [-0.2, 0) is 21.4 Å². The number of esters is 1. The molecule has 0 bridgehead atoms. The van der Waals surface area contributed by atoms with Gasteiger partial charge in [-0.25, -0.2) is 13.2 Å². The van der Waals surface area contributed by atoms with Gasteiger partial charge in [0.05, 0.1) is 28.3 Å². The normalized spacial score (nSPS) is 11.1. The van der Waals surface area contributed by atoms with Crippen LogP contribution in [0.25, 0.3) is 0 Å². The molecule has 0 atom stereocenters. The molecule has 0 aliphatic heterocycles. The molecule has 0 N–H and O–H groups in total. The van der Waals surface area contributed by atoms with Gasteiger partial charge in [-0.1, -0.05) is 35.9 Å². The molecule has 3 rings (SSSR count). The molecule has 0 unspecified atom stereocenters. The van der Waals surface area contributed by atoms with Crippen LogP contribution >= 0.6 is 23.4 Å². The van der Waals surface area contributed by atoms with Gasteiger partial charge >= 0.3 is 5.97 Å². The fourth-order valence-electron chi connectivity index (χ4n) is 2.95. The van der Waals surface area contributed by atoms with Gasteiger partial charge in [0.2, 0.25) is 0 Å². The van der Waals surface area contributed by atoms with Crippen molar-refractivity contribution in [2.75, 3.05) is 24.7 Å². The van der Waals surface area contributed by atoms with Crippen molar-refractivity contribution in [2.45, 2.75) is 16.4 Å². The Morgan fingerprint density at radius 2 is 1.75 bits per heavy atom. The molecule has 0 heterocycles. The maximum atomic E-state index is 13.2. The number of halogens is 1. The van der Waals surface area contributed by atoms with E-state index in [-0.39, 0.29) is 22.1 Å². The highest BCUT2D eigenvalue weighted by Crippen LogP contribution is 2.32. The van der Waals surface area contributed by atoms with E-state index in [4.69, 9.17) is 21.1 Å². The van der Waals surface area contributed by atoms with Crippen LogP contribution in [0.4, 0.5) is 5.69 Å². The predicted octanol–water partition coefficient (Wildman–Crippen LogP) is 5.25. The van der Waals surface area contributed by atoms with Crippen LogP contribution in [0.5, 0.6) is 5.75 Å². The van der Waals surface area contributed by atoms with Crippen molar-refractivity contribution in [3.8, 4) is 5.75 Å². The Labute approximate surface area is 197 Å². The number of carbonyl (C=O) groups excluding carboxylic acids is 1. The zero-order valence-corrected chi connectivity index (χ0v) is 20.1. The largest absolute Gasteiger partial charge is 0.495 e. The Morgan fingerprint density at radius 3 is 2.41 bits per heavy atom. The van der Waals surface area contributed by atoms with Gasteiger partial charge in [-0.2, -0.15) is 0 Å². The summed E-state index contributed by atoms with van der Waals surface area (Å²) in [6.45, 7) is 0.0436. The summed E-state index contributed by atoms with van der Waals surface area (Å²) >= 11 is 7.79. The molecular formula is C23H22ClNO5S2. The summed E-state index contributed by atoms with van der Waals surface area (Å²) < 4.78 is 38.1. The molecule has 32 heavy (non-hydrogen) atoms. The lowest BCUT2D eigenvalue weighted by molar-refractivity contribution is 0.0472. The van der Waals surface area contributed by atoms with Gasteiger partial charge in [0.25, 0.3) is 10.0 Å². The molecule has 0 saturated heterocycles. The lowest BCUT2D eigenvalue weighted by Gasteiger charge is -2.22. The molecule has 0 radical (unpaired) electrons. The molecule has 6 nitrogen and oxygen atoms in total. The maximum absolute atomic E-state index is 13.2. The smallest absolute Gasteiger partial charge is 0.340 e. The van der Waals surface area contributed by atoms with Gasteiger partial charge in [-0.3, -0.25) is 4.31 Å². The first-order valence-corrected chi connectivity index (χ1v) is 12.5. The maximum Gasteiger partial charge on any atom is 0.340 e. The van der Waals surface area contributed by atoms with Crippen molar-refractivity contribution in [3.63, 3.8) is 0 Å². The predicted molar refractivity (Wildman–Crippen MR) is 127 cm³/mol. The highest BCUT2D eigenvalue weighted by molar-refractivity contribution is 7.98. The highest BCUT2D eigenvalue weighted by Gasteiger charge is 2.26. The number of rotatable bonds is 8. The summed E-state index contributed by atoms with van der Waals surface area (Å²) in [6, 6.07) is 18.3. The van der Waals surface area contributed by atoms with E-state index in [1.165, 1.54) is 32.4 Å². The molecule has 0 aliphatic carbocycles. The summed E-state index contributed by atoms with van der Waals surface area (Å²) in [5, 5.41) is 0.103. The van der Waals surface area contributed by atoms with Crippen molar-refractivity contribution in [2.24, 2.45) is 0 Å². The lowest BCUT2D eigenvalue weighted by atomic mass is 10.2. The Balaban J connectivity index is 1.84. The molecule has 0 amide bonds. The lowest BCUT2D eigenvalue weighted by Crippen LogP contribution is -2.27. The highest BCUT2D eigenvalue weighted by atomic mass is 35.5. The molecule has 168 valence electrons. The first-order valence-electron chi connectivity index (χ1n) is 9.49. The third-order valence-electron chi connectivity index (χ3n) is 4.77. The molecule has 3 aromatic carbocycles. The topological polar surface area (TPSA) is 72.9 Å². The van der Waals surface area contributed by atoms with Crippen molar-refractivity contribution in [1.29, 1.82) is 0 Å². The molecule has 3 aromatic rings. The van der Waals surface area contributed by atoms with Gasteiger partial charge < -0.3 is 9.47 Å². The van der Waals surface area contributed by atoms with Crippen molar-refractivity contribution < 1.29 is 22.7 Å². The molecule has 0 fully saturated rings. The Hall–Kier alpha value is -2.68. The summed E-state index contributed by atoms with van der Waals surface area (Å²) in [5.74, 6) is -0.305. The second kappa shape index (κ2) is 10.3. The number of carbonyl (C=O) groups is 1. The monoisotopic (exact) mass is 491 g/mol. The third kappa shape index (κ3) is 5.20. The average Bonchev–Trinajstić information content (AvgIpc) is 2.82. The number of sulfonamides is 1. The first kappa shape index (κ1) is 24.0. The number of hydrogen-bond acceptors (Lipinski definition) is 6. The van der Waals surface area contributed by atoms with Crippen LogP contribution in [0.3, 0.4) is 0 Å². The van der Waals surface area contributed by atoms with Gasteiger partial charge in [-0.15, -0.1) is 11.8 Å². The van der Waals surface area contributed by atoms with Crippen molar-refractivity contribution in [3.05, 3.63) is 82.9 Å². The van der Waals surface area contributed by atoms with Crippen LogP contribution in [0.1, 0.15) is 15.9 Å². The van der Waals surface area contributed by atoms with Crippen LogP contribution < -0.4 is 9.04 Å². The summed E-state index contributed by atoms with van der Waals surface area (Å²) in [6.07, 6.45) is 1.98. The van der Waals surface area contributed by atoms with E-state index in [1.54, 1.807) is 36.0 Å². The molecule has 0 aliphatic rings. The fourth-order valence-corrected chi connectivity index (χ4v) is 4.78. The Morgan fingerprint density at radius 1 is 1.06 bits per heavy atom. The van der Waals surface area contributed by atoms with Gasteiger partial charge in [0, 0.05) is 11.9 Å². The number of para-hydroxylation sites is 2. The van der Waals surface area contributed by atoms with Gasteiger partial charge in [-0.05, 0) is 54.3 Å². The van der Waals surface area contributed by atoms with Crippen molar-refractivity contribution >= 4 is 45.0 Å². The Bertz CT molecular complexity index is 1210. The van der Waals surface area contributed by atoms with Crippen LogP contribution in [0.15, 0.2) is 76.5 Å². The third-order valence-corrected chi connectivity index (χ3v) is 7.61. The van der Waals surface area contributed by atoms with Crippen LogP contribution in [0, 0.1) is 0 Å². The van der Waals surface area contributed by atoms with E-state index in [2.05, 4.69) is 0 Å². The summed E-state index contributed by atoms with van der Waals surface area (Å²) in [4.78, 5) is 13.6. The second-order valence-electron chi connectivity index (χ2n) is 6.71. The number of ether oxygens (including phenoxy) is 2. The average molecular weight is 492 g/mol. The minimum absolute atomic E-state index is 0.0260. The van der Waals surface area contributed by atoms with E-state index in [0.29, 0.717) is 11.4 Å². The number of benzene rings is 3. The molecule has 0 saturated carbocycles. The van der Waals surface area contributed by atoms with E-state index in [9.17, 15) is 13.2 Å². The van der Waals surface area contributed by atoms with Crippen LogP contribution in [0.2, 0.25) is 5.02 Å². The van der Waals surface area contributed by atoms with Crippen molar-refractivity contribution in [1.82, 2.24) is 0 Å². The zero-order chi connectivity index (χ0) is 23.3. The van der Waals surface area contributed by atoms with Gasteiger partial charge in [0.1, 0.15) is 12.4 Å². The number of methoxy groups -OCH3 is 1. The summed E-state index contributed by atoms with van der Waals surface area (Å²) in [7, 11) is -1.11.